The van der Waals surface area contributed by atoms with Gasteiger partial charge >= 0.3 is 108 Å². The Morgan fingerprint density at radius 3 is 1.96 bits per heavy atom. The molecular weight excluding hydrogens is 336 g/mol. The summed E-state index contributed by atoms with van der Waals surface area (Å²) in [7, 11) is 0. The molecule has 0 aromatic carbocycles. The third-order valence-electron chi connectivity index (χ3n) is 7.68. The SMILES string of the molecule is C1=C\CC/C=C\CC/1.CC12CCC(C1)C1[C](=[Ti]([CH3])([CH3])[CH]3C=CC=C3)C12. The monoisotopic (exact) mass is 371 g/mol. The predicted molar refractivity (Wildman–Crippen MR) is 108 cm³/mol. The Balaban J connectivity index is 0.000000166. The molecule has 1 heteroatoms. The third kappa shape index (κ3) is 3.30. The molecule has 3 fully saturated rings. The molecule has 0 nitrogen and oxygen atoms in total. The molecule has 135 valence electrons. The van der Waals surface area contributed by atoms with Gasteiger partial charge in [-0.2, -0.15) is 0 Å². The fourth-order valence-electron chi connectivity index (χ4n) is 6.32. The Labute approximate surface area is 158 Å². The summed E-state index contributed by atoms with van der Waals surface area (Å²) in [5, 5.41) is 5.34. The summed E-state index contributed by atoms with van der Waals surface area (Å²) in [5.41, 5.74) is 0.735. The van der Waals surface area contributed by atoms with Gasteiger partial charge in [0, 0.05) is 0 Å². The average molecular weight is 371 g/mol. The molecule has 0 N–H and O–H groups in total. The first kappa shape index (κ1) is 17.9. The molecule has 0 spiro atoms. The van der Waals surface area contributed by atoms with Crippen LogP contribution < -0.4 is 0 Å². The fourth-order valence-corrected chi connectivity index (χ4v) is 12.7. The summed E-state index contributed by atoms with van der Waals surface area (Å²) in [6.07, 6.45) is 28.1. The second-order valence-electron chi connectivity index (χ2n) is 9.73. The van der Waals surface area contributed by atoms with Gasteiger partial charge in [-0.05, 0) is 25.7 Å². The molecule has 0 aromatic heterocycles. The molecule has 4 atom stereocenters. The van der Waals surface area contributed by atoms with Crippen molar-refractivity contribution in [1.29, 1.82) is 0 Å². The molecule has 0 saturated heterocycles. The van der Waals surface area contributed by atoms with Crippen LogP contribution in [0.5, 0.6) is 0 Å². The maximum atomic E-state index is 2.67. The summed E-state index contributed by atoms with van der Waals surface area (Å²) in [5.74, 6) is 3.25. The van der Waals surface area contributed by atoms with E-state index in [2.05, 4.69) is 69.8 Å². The Bertz CT molecular complexity index is 645. The van der Waals surface area contributed by atoms with Crippen LogP contribution >= 0.6 is 0 Å². The zero-order valence-corrected chi connectivity index (χ0v) is 17.9. The van der Waals surface area contributed by atoms with E-state index in [1.54, 1.807) is 6.42 Å². The van der Waals surface area contributed by atoms with E-state index < -0.39 is 16.1 Å². The van der Waals surface area contributed by atoms with Gasteiger partial charge in [-0.3, -0.25) is 0 Å². The first-order valence-electron chi connectivity index (χ1n) is 10.6. The molecule has 0 heterocycles. The molecule has 25 heavy (non-hydrogen) atoms. The maximum absolute atomic E-state index is 2.67. The summed E-state index contributed by atoms with van der Waals surface area (Å²) in [6.45, 7) is 2.59. The Kier molecular flexibility index (Phi) is 4.97. The zero-order chi connectivity index (χ0) is 17.5. The van der Waals surface area contributed by atoms with E-state index >= 15 is 0 Å². The Hall–Kier alpha value is -0.456. The van der Waals surface area contributed by atoms with Crippen molar-refractivity contribution < 1.29 is 16.1 Å². The average Bonchev–Trinajstić information content (AvgIpc) is 2.86. The van der Waals surface area contributed by atoms with Gasteiger partial charge in [0.15, 0.2) is 0 Å². The van der Waals surface area contributed by atoms with E-state index in [0.29, 0.717) is 0 Å². The van der Waals surface area contributed by atoms with Gasteiger partial charge in [0.05, 0.1) is 0 Å². The van der Waals surface area contributed by atoms with Crippen LogP contribution in [0.2, 0.25) is 14.7 Å². The van der Waals surface area contributed by atoms with Crippen molar-refractivity contribution >= 4 is 3.81 Å². The van der Waals surface area contributed by atoms with Crippen molar-refractivity contribution in [3.63, 3.8) is 0 Å². The van der Waals surface area contributed by atoms with Gasteiger partial charge in [0.25, 0.3) is 0 Å². The van der Waals surface area contributed by atoms with Crippen molar-refractivity contribution in [2.75, 3.05) is 0 Å². The van der Waals surface area contributed by atoms with Crippen molar-refractivity contribution in [3.05, 3.63) is 48.6 Å². The van der Waals surface area contributed by atoms with Crippen LogP contribution in [0.4, 0.5) is 0 Å². The van der Waals surface area contributed by atoms with E-state index in [9.17, 15) is 0 Å². The Morgan fingerprint density at radius 1 is 0.920 bits per heavy atom. The van der Waals surface area contributed by atoms with Crippen LogP contribution in [0.1, 0.15) is 51.9 Å². The van der Waals surface area contributed by atoms with E-state index in [1.807, 2.05) is 0 Å². The van der Waals surface area contributed by atoms with Gasteiger partial charge in [0.2, 0.25) is 0 Å². The second-order valence-corrected chi connectivity index (χ2v) is 17.1. The minimum atomic E-state index is -1.73. The van der Waals surface area contributed by atoms with Crippen molar-refractivity contribution in [1.82, 2.24) is 0 Å². The molecule has 0 aliphatic heterocycles. The first-order valence-corrected chi connectivity index (χ1v) is 15.4. The van der Waals surface area contributed by atoms with E-state index in [-0.39, 0.29) is 0 Å². The number of allylic oxidation sites excluding steroid dienone is 8. The standard InChI is InChI=1S/C9H12.C8H12.C5H5.2CH3.Ti/c1-9-3-2-6(5-9)7-4-8(7)9;1-2-4-6-8-7-5-3-1;1-2-4-5-3-1;;;/h6-8H,2-3,5H2,1H3;1-2,7-8H,3-6H2;1-5H;2*1H3;/b;2-1-,8-7-;;;;. The van der Waals surface area contributed by atoms with Crippen molar-refractivity contribution in [3.8, 4) is 0 Å². The Morgan fingerprint density at radius 2 is 1.48 bits per heavy atom. The van der Waals surface area contributed by atoms with Crippen LogP contribution in [-0.2, 0) is 16.1 Å². The summed E-state index contributed by atoms with van der Waals surface area (Å²) in [6, 6.07) is 0. The first-order chi connectivity index (χ1) is 12.0. The van der Waals surface area contributed by atoms with Gasteiger partial charge < -0.3 is 0 Å². The van der Waals surface area contributed by atoms with E-state index in [1.165, 1.54) is 38.5 Å². The summed E-state index contributed by atoms with van der Waals surface area (Å²) >= 11 is -1.73. The molecule has 5 aliphatic carbocycles. The predicted octanol–water partition coefficient (Wildman–Crippen LogP) is 7.06. The fraction of sp³-hybridized carbons (Fsp3) is 0.625. The zero-order valence-electron chi connectivity index (χ0n) is 16.4. The van der Waals surface area contributed by atoms with Crippen molar-refractivity contribution in [2.24, 2.45) is 23.2 Å². The summed E-state index contributed by atoms with van der Waals surface area (Å²) < 4.78 is 2.96. The molecule has 3 saturated carbocycles. The van der Waals surface area contributed by atoms with E-state index in [0.717, 1.165) is 27.4 Å². The summed E-state index contributed by atoms with van der Waals surface area (Å²) in [4.78, 5) is 0. The van der Waals surface area contributed by atoms with Crippen LogP contribution in [0, 0.1) is 23.2 Å². The number of fused-ring (bicyclic) bond motifs is 5. The molecule has 5 rings (SSSR count). The molecular formula is C24H35Ti. The van der Waals surface area contributed by atoms with Crippen LogP contribution in [0.3, 0.4) is 0 Å². The quantitative estimate of drug-likeness (QED) is 0.342. The molecule has 0 radical (unpaired) electrons. The number of hydrogen-bond donors (Lipinski definition) is 0. The normalized spacial score (nSPS) is 40.9. The van der Waals surface area contributed by atoms with Gasteiger partial charge in [-0.25, -0.2) is 0 Å². The van der Waals surface area contributed by atoms with E-state index in [4.69, 9.17) is 0 Å². The number of rotatable bonds is 1. The molecule has 0 amide bonds. The van der Waals surface area contributed by atoms with Crippen LogP contribution in [0.15, 0.2) is 48.6 Å². The third-order valence-corrected chi connectivity index (χ3v) is 14.2. The minimum absolute atomic E-state index is 0.735. The molecule has 0 aromatic rings. The molecule has 5 aliphatic rings. The van der Waals surface area contributed by atoms with Gasteiger partial charge in [0.1, 0.15) is 0 Å². The van der Waals surface area contributed by atoms with Crippen LogP contribution in [-0.4, -0.2) is 3.81 Å². The topological polar surface area (TPSA) is 0 Å². The second kappa shape index (κ2) is 6.93. The van der Waals surface area contributed by atoms with Crippen LogP contribution in [0.25, 0.3) is 0 Å². The van der Waals surface area contributed by atoms with Gasteiger partial charge in [-0.15, -0.1) is 0 Å². The van der Waals surface area contributed by atoms with Crippen molar-refractivity contribution in [2.45, 2.75) is 66.5 Å². The van der Waals surface area contributed by atoms with Gasteiger partial charge in [-0.1, -0.05) is 24.3 Å². The molecule has 4 unspecified atom stereocenters. The number of hydrogen-bond acceptors (Lipinski definition) is 0. The molecule has 2 bridgehead atoms.